The Hall–Kier alpha value is -0.650. The Labute approximate surface area is 91.0 Å². The summed E-state index contributed by atoms with van der Waals surface area (Å²) in [6, 6.07) is 0. The van der Waals surface area contributed by atoms with Crippen LogP contribution in [0.1, 0.15) is 6.42 Å². The smallest absolute Gasteiger partial charge is 0.207 e. The van der Waals surface area contributed by atoms with Crippen LogP contribution >= 0.6 is 0 Å². The molecule has 1 amide bonds. The Morgan fingerprint density at radius 2 is 1.73 bits per heavy atom. The molecule has 0 bridgehead atoms. The van der Waals surface area contributed by atoms with Crippen LogP contribution in [0.5, 0.6) is 0 Å². The Kier molecular flexibility index (Phi) is 6.31. The number of nitrogens with zero attached hydrogens (tertiary/aromatic N) is 2. The van der Waals surface area contributed by atoms with Crippen molar-refractivity contribution in [3.63, 3.8) is 0 Å². The first-order chi connectivity index (χ1) is 7.36. The lowest BCUT2D eigenvalue weighted by Gasteiger charge is -2.34. The third-order valence-electron chi connectivity index (χ3n) is 2.75. The Morgan fingerprint density at radius 1 is 1.13 bits per heavy atom. The van der Waals surface area contributed by atoms with Gasteiger partial charge in [0, 0.05) is 52.4 Å². The number of rotatable bonds is 7. The lowest BCUT2D eigenvalue weighted by Crippen LogP contribution is -2.48. The second-order valence-electron chi connectivity index (χ2n) is 3.83. The van der Waals surface area contributed by atoms with Crippen LogP contribution in [0.15, 0.2) is 0 Å². The summed E-state index contributed by atoms with van der Waals surface area (Å²) in [7, 11) is 0. The van der Waals surface area contributed by atoms with E-state index in [4.69, 9.17) is 5.11 Å². The Bertz CT molecular complexity index is 170. The molecule has 0 aromatic carbocycles. The zero-order valence-electron chi connectivity index (χ0n) is 9.19. The van der Waals surface area contributed by atoms with Crippen molar-refractivity contribution in [2.24, 2.45) is 0 Å². The van der Waals surface area contributed by atoms with Gasteiger partial charge in [0.25, 0.3) is 0 Å². The molecule has 0 saturated carbocycles. The van der Waals surface area contributed by atoms with Crippen LogP contribution in [0.4, 0.5) is 0 Å². The molecule has 1 saturated heterocycles. The van der Waals surface area contributed by atoms with Gasteiger partial charge in [-0.1, -0.05) is 0 Å². The van der Waals surface area contributed by atoms with Crippen molar-refractivity contribution in [2.45, 2.75) is 6.42 Å². The van der Waals surface area contributed by atoms with Gasteiger partial charge in [0.15, 0.2) is 0 Å². The van der Waals surface area contributed by atoms with Crippen LogP contribution in [-0.4, -0.2) is 73.7 Å². The first kappa shape index (κ1) is 12.4. The van der Waals surface area contributed by atoms with Gasteiger partial charge in [-0.25, -0.2) is 0 Å². The van der Waals surface area contributed by atoms with Crippen molar-refractivity contribution in [1.82, 2.24) is 15.1 Å². The quantitative estimate of drug-likeness (QED) is 0.411. The van der Waals surface area contributed by atoms with Gasteiger partial charge in [-0.3, -0.25) is 9.69 Å². The standard InChI is InChI=1S/C10H21N3O2/c14-9-1-3-12-5-7-13(8-6-12)4-2-11-10-15/h10,14H,1-9H2,(H,11,15). The van der Waals surface area contributed by atoms with Gasteiger partial charge in [-0.05, 0) is 6.42 Å². The van der Waals surface area contributed by atoms with Gasteiger partial charge in [0.05, 0.1) is 0 Å². The third-order valence-corrected chi connectivity index (χ3v) is 2.75. The summed E-state index contributed by atoms with van der Waals surface area (Å²) in [5.41, 5.74) is 0. The maximum Gasteiger partial charge on any atom is 0.207 e. The predicted molar refractivity (Wildman–Crippen MR) is 58.6 cm³/mol. The maximum atomic E-state index is 10.1. The number of hydrogen-bond donors (Lipinski definition) is 2. The summed E-state index contributed by atoms with van der Waals surface area (Å²) in [6.45, 7) is 7.22. The average Bonchev–Trinajstić information content (AvgIpc) is 2.28. The highest BCUT2D eigenvalue weighted by atomic mass is 16.3. The second kappa shape index (κ2) is 7.62. The van der Waals surface area contributed by atoms with E-state index in [0.717, 1.165) is 58.6 Å². The number of amides is 1. The van der Waals surface area contributed by atoms with E-state index in [1.165, 1.54) is 0 Å². The molecule has 1 aliphatic heterocycles. The molecule has 1 fully saturated rings. The predicted octanol–water partition coefficient (Wildman–Crippen LogP) is -1.27. The Balaban J connectivity index is 2.04. The molecule has 5 heteroatoms. The van der Waals surface area contributed by atoms with Gasteiger partial charge < -0.3 is 15.3 Å². The Morgan fingerprint density at radius 3 is 2.27 bits per heavy atom. The zero-order chi connectivity index (χ0) is 10.9. The highest BCUT2D eigenvalue weighted by Gasteiger charge is 2.15. The largest absolute Gasteiger partial charge is 0.396 e. The van der Waals surface area contributed by atoms with Gasteiger partial charge in [-0.15, -0.1) is 0 Å². The van der Waals surface area contributed by atoms with Crippen molar-refractivity contribution in [3.05, 3.63) is 0 Å². The van der Waals surface area contributed by atoms with Crippen LogP contribution < -0.4 is 5.32 Å². The highest BCUT2D eigenvalue weighted by molar-refractivity contribution is 5.45. The SMILES string of the molecule is O=CNCCN1CCN(CCCO)CC1. The minimum atomic E-state index is 0.281. The molecule has 0 aromatic rings. The summed E-state index contributed by atoms with van der Waals surface area (Å²) >= 11 is 0. The van der Waals surface area contributed by atoms with E-state index in [2.05, 4.69) is 15.1 Å². The van der Waals surface area contributed by atoms with Gasteiger partial charge in [0.1, 0.15) is 0 Å². The number of carbonyl (C=O) groups is 1. The van der Waals surface area contributed by atoms with E-state index in [1.807, 2.05) is 0 Å². The van der Waals surface area contributed by atoms with Crippen molar-refractivity contribution in [3.8, 4) is 0 Å². The molecule has 1 rings (SSSR count). The minimum Gasteiger partial charge on any atom is -0.396 e. The van der Waals surface area contributed by atoms with Crippen molar-refractivity contribution in [1.29, 1.82) is 0 Å². The fourth-order valence-electron chi connectivity index (χ4n) is 1.81. The first-order valence-electron chi connectivity index (χ1n) is 5.59. The van der Waals surface area contributed by atoms with Crippen LogP contribution in [0, 0.1) is 0 Å². The normalized spacial score (nSPS) is 19.0. The molecule has 1 aliphatic rings. The number of nitrogens with one attached hydrogen (secondary N) is 1. The molecule has 0 aromatic heterocycles. The molecular formula is C10H21N3O2. The lowest BCUT2D eigenvalue weighted by atomic mass is 10.3. The van der Waals surface area contributed by atoms with E-state index >= 15 is 0 Å². The van der Waals surface area contributed by atoms with Crippen LogP contribution in [0.2, 0.25) is 0 Å². The fourth-order valence-corrected chi connectivity index (χ4v) is 1.81. The van der Waals surface area contributed by atoms with Crippen molar-refractivity contribution in [2.75, 3.05) is 52.4 Å². The molecule has 1 heterocycles. The number of carbonyl (C=O) groups excluding carboxylic acids is 1. The molecule has 0 radical (unpaired) electrons. The number of aliphatic hydroxyl groups is 1. The monoisotopic (exact) mass is 215 g/mol. The number of hydrogen-bond acceptors (Lipinski definition) is 4. The van der Waals surface area contributed by atoms with E-state index < -0.39 is 0 Å². The summed E-state index contributed by atoms with van der Waals surface area (Å²) in [4.78, 5) is 14.8. The van der Waals surface area contributed by atoms with Crippen LogP contribution in [0.25, 0.3) is 0 Å². The van der Waals surface area contributed by atoms with E-state index in [1.54, 1.807) is 0 Å². The average molecular weight is 215 g/mol. The van der Waals surface area contributed by atoms with Gasteiger partial charge >= 0.3 is 0 Å². The number of aliphatic hydroxyl groups excluding tert-OH is 1. The molecule has 0 unspecified atom stereocenters. The fraction of sp³-hybridized carbons (Fsp3) is 0.900. The van der Waals surface area contributed by atoms with Crippen molar-refractivity contribution < 1.29 is 9.90 Å². The third kappa shape index (κ3) is 5.11. The van der Waals surface area contributed by atoms with E-state index in [-0.39, 0.29) is 6.61 Å². The van der Waals surface area contributed by atoms with Crippen molar-refractivity contribution >= 4 is 6.41 Å². The van der Waals surface area contributed by atoms with E-state index in [0.29, 0.717) is 0 Å². The summed E-state index contributed by atoms with van der Waals surface area (Å²) in [5, 5.41) is 11.4. The molecule has 5 nitrogen and oxygen atoms in total. The molecule has 15 heavy (non-hydrogen) atoms. The van der Waals surface area contributed by atoms with Crippen LogP contribution in [-0.2, 0) is 4.79 Å². The summed E-state index contributed by atoms with van der Waals surface area (Å²) in [5.74, 6) is 0. The second-order valence-corrected chi connectivity index (χ2v) is 3.83. The lowest BCUT2D eigenvalue weighted by molar-refractivity contribution is -0.109. The van der Waals surface area contributed by atoms with Crippen LogP contribution in [0.3, 0.4) is 0 Å². The van der Waals surface area contributed by atoms with Gasteiger partial charge in [-0.2, -0.15) is 0 Å². The molecule has 2 N–H and O–H groups in total. The molecule has 88 valence electrons. The summed E-state index contributed by atoms with van der Waals surface area (Å²) in [6.07, 6.45) is 1.62. The maximum absolute atomic E-state index is 10.1. The van der Waals surface area contributed by atoms with Gasteiger partial charge in [0.2, 0.25) is 6.41 Å². The summed E-state index contributed by atoms with van der Waals surface area (Å²) < 4.78 is 0. The highest BCUT2D eigenvalue weighted by Crippen LogP contribution is 2.01. The minimum absolute atomic E-state index is 0.281. The molecule has 0 aliphatic carbocycles. The molecule has 0 spiro atoms. The zero-order valence-corrected chi connectivity index (χ0v) is 9.19. The molecule has 0 atom stereocenters. The molecular weight excluding hydrogens is 194 g/mol. The van der Waals surface area contributed by atoms with E-state index in [9.17, 15) is 4.79 Å². The topological polar surface area (TPSA) is 55.8 Å². The number of piperazine rings is 1. The first-order valence-corrected chi connectivity index (χ1v) is 5.59.